The monoisotopic (exact) mass is 356 g/mol. The van der Waals surface area contributed by atoms with E-state index in [0.29, 0.717) is 21.6 Å². The first kappa shape index (κ1) is 15.1. The predicted octanol–water partition coefficient (Wildman–Crippen LogP) is 4.20. The van der Waals surface area contributed by atoms with E-state index in [-0.39, 0.29) is 5.56 Å². The minimum atomic E-state index is -0.0833. The highest BCUT2D eigenvalue weighted by Crippen LogP contribution is 2.26. The Balaban J connectivity index is 2.10. The summed E-state index contributed by atoms with van der Waals surface area (Å²) in [7, 11) is 0. The summed E-state index contributed by atoms with van der Waals surface area (Å²) in [5.74, 6) is 0. The molecule has 0 aliphatic heterocycles. The molecule has 26 heavy (non-hydrogen) atoms. The van der Waals surface area contributed by atoms with Gasteiger partial charge < -0.3 is 0 Å². The molecule has 0 radical (unpaired) electrons. The van der Waals surface area contributed by atoms with Crippen molar-refractivity contribution in [1.29, 1.82) is 0 Å². The predicted molar refractivity (Wildman–Crippen MR) is 107 cm³/mol. The van der Waals surface area contributed by atoms with Gasteiger partial charge in [-0.05, 0) is 29.8 Å². The number of hydrogen-bond acceptors (Lipinski definition) is 2. The maximum absolute atomic E-state index is 13.2. The molecular formula is C22H13ClN2O. The Bertz CT molecular complexity index is 1410. The van der Waals surface area contributed by atoms with E-state index in [1.165, 1.54) is 0 Å². The van der Waals surface area contributed by atoms with Crippen LogP contribution in [0.4, 0.5) is 0 Å². The fourth-order valence-corrected chi connectivity index (χ4v) is 3.72. The van der Waals surface area contributed by atoms with Crippen LogP contribution in [0.3, 0.4) is 0 Å². The zero-order chi connectivity index (χ0) is 17.7. The van der Waals surface area contributed by atoms with E-state index in [4.69, 9.17) is 16.6 Å². The summed E-state index contributed by atoms with van der Waals surface area (Å²) in [5, 5.41) is 3.71. The molecule has 124 valence electrons. The van der Waals surface area contributed by atoms with Gasteiger partial charge in [0.15, 0.2) is 0 Å². The van der Waals surface area contributed by atoms with Gasteiger partial charge in [-0.2, -0.15) is 0 Å². The third-order valence-corrected chi connectivity index (χ3v) is 4.95. The number of fused-ring (bicyclic) bond motifs is 4. The molecule has 0 aliphatic carbocycles. The Morgan fingerprint density at radius 3 is 2.42 bits per heavy atom. The van der Waals surface area contributed by atoms with Crippen LogP contribution >= 0.6 is 11.6 Å². The lowest BCUT2D eigenvalue weighted by Gasteiger charge is -2.00. The van der Waals surface area contributed by atoms with Gasteiger partial charge >= 0.3 is 0 Å². The second kappa shape index (κ2) is 5.68. The Morgan fingerprint density at radius 1 is 0.846 bits per heavy atom. The van der Waals surface area contributed by atoms with E-state index in [1.54, 1.807) is 4.40 Å². The van der Waals surface area contributed by atoms with Crippen LogP contribution in [0.25, 0.3) is 33.4 Å². The van der Waals surface area contributed by atoms with Crippen LogP contribution in [0.2, 0.25) is 5.02 Å². The summed E-state index contributed by atoms with van der Waals surface area (Å²) in [6.45, 7) is 0. The van der Waals surface area contributed by atoms with E-state index in [0.717, 1.165) is 21.7 Å². The Morgan fingerprint density at radius 2 is 1.58 bits per heavy atom. The van der Waals surface area contributed by atoms with Crippen molar-refractivity contribution in [1.82, 2.24) is 9.38 Å². The lowest BCUT2D eigenvalue weighted by atomic mass is 10.1. The topological polar surface area (TPSA) is 34.4 Å². The third-order valence-electron chi connectivity index (χ3n) is 4.63. The van der Waals surface area contributed by atoms with E-state index >= 15 is 0 Å². The van der Waals surface area contributed by atoms with Crippen LogP contribution in [0, 0.1) is 0 Å². The summed E-state index contributed by atoms with van der Waals surface area (Å²) in [5.41, 5.74) is 2.20. The van der Waals surface area contributed by atoms with Gasteiger partial charge in [0.25, 0.3) is 5.56 Å². The first-order valence-corrected chi connectivity index (χ1v) is 8.70. The highest BCUT2D eigenvalue weighted by molar-refractivity contribution is 6.37. The number of rotatable bonds is 1. The molecule has 0 bridgehead atoms. The molecule has 0 saturated carbocycles. The molecule has 2 aromatic heterocycles. The van der Waals surface area contributed by atoms with Crippen LogP contribution in [0.5, 0.6) is 0 Å². The van der Waals surface area contributed by atoms with E-state index in [1.807, 2.05) is 78.9 Å². The van der Waals surface area contributed by atoms with Gasteiger partial charge in [-0.15, -0.1) is 0 Å². The van der Waals surface area contributed by atoms with Crippen molar-refractivity contribution < 1.29 is 0 Å². The summed E-state index contributed by atoms with van der Waals surface area (Å²) >= 11 is 6.49. The normalized spacial score (nSPS) is 12.4. The maximum Gasteiger partial charge on any atom is 0.266 e. The molecule has 4 heteroatoms. The maximum atomic E-state index is 13.2. The minimum absolute atomic E-state index is 0.0833. The van der Waals surface area contributed by atoms with E-state index in [2.05, 4.69) is 0 Å². The molecule has 0 aliphatic rings. The van der Waals surface area contributed by atoms with Crippen LogP contribution in [0.15, 0.2) is 77.6 Å². The standard InChI is InChI=1S/C22H13ClN2O/c23-17-11-6-10-16-19(13-14-7-2-1-3-8-14)25-21(20(16)17)24-18-12-5-4-9-15(18)22(25)26/h1-13H/b19-13+. The molecule has 5 aromatic rings. The smallest absolute Gasteiger partial charge is 0.266 e. The van der Waals surface area contributed by atoms with E-state index < -0.39 is 0 Å². The highest BCUT2D eigenvalue weighted by Gasteiger charge is 2.15. The number of halogens is 1. The molecular weight excluding hydrogens is 344 g/mol. The second-order valence-corrected chi connectivity index (χ2v) is 6.60. The molecule has 0 saturated heterocycles. The molecule has 5 rings (SSSR count). The van der Waals surface area contributed by atoms with Gasteiger partial charge in [0.1, 0.15) is 5.65 Å². The number of aromatic nitrogens is 2. The molecule has 3 aromatic carbocycles. The minimum Gasteiger partial charge on any atom is -0.268 e. The zero-order valence-corrected chi connectivity index (χ0v) is 14.4. The molecule has 0 N–H and O–H groups in total. The van der Waals surface area contributed by atoms with Crippen LogP contribution in [-0.2, 0) is 0 Å². The molecule has 0 amide bonds. The molecule has 3 nitrogen and oxygen atoms in total. The summed E-state index contributed by atoms with van der Waals surface area (Å²) in [6, 6.07) is 23.0. The first-order chi connectivity index (χ1) is 12.7. The summed E-state index contributed by atoms with van der Waals surface area (Å²) in [4.78, 5) is 18.0. The van der Waals surface area contributed by atoms with Crippen molar-refractivity contribution in [2.24, 2.45) is 0 Å². The fraction of sp³-hybridized carbons (Fsp3) is 0. The molecule has 0 spiro atoms. The Kier molecular flexibility index (Phi) is 3.30. The van der Waals surface area contributed by atoms with Crippen LogP contribution in [-0.4, -0.2) is 9.38 Å². The largest absolute Gasteiger partial charge is 0.268 e. The Hall–Kier alpha value is -3.17. The number of para-hydroxylation sites is 1. The van der Waals surface area contributed by atoms with Crippen molar-refractivity contribution in [2.75, 3.05) is 0 Å². The number of nitrogens with zero attached hydrogens (tertiary/aromatic N) is 2. The first-order valence-electron chi connectivity index (χ1n) is 8.32. The van der Waals surface area contributed by atoms with Crippen molar-refractivity contribution in [3.8, 4) is 0 Å². The molecule has 0 unspecified atom stereocenters. The number of hydrogen-bond donors (Lipinski definition) is 0. The van der Waals surface area contributed by atoms with Crippen molar-refractivity contribution in [2.45, 2.75) is 0 Å². The molecule has 0 fully saturated rings. The zero-order valence-electron chi connectivity index (χ0n) is 13.7. The average molecular weight is 357 g/mol. The quantitative estimate of drug-likeness (QED) is 0.451. The Labute approximate surface area is 153 Å². The van der Waals surface area contributed by atoms with Crippen LogP contribution < -0.4 is 10.9 Å². The lowest BCUT2D eigenvalue weighted by Crippen LogP contribution is -2.24. The lowest BCUT2D eigenvalue weighted by molar-refractivity contribution is 1.07. The van der Waals surface area contributed by atoms with Crippen molar-refractivity contribution in [3.63, 3.8) is 0 Å². The van der Waals surface area contributed by atoms with Crippen molar-refractivity contribution >= 4 is 45.0 Å². The van der Waals surface area contributed by atoms with Gasteiger partial charge in [-0.25, -0.2) is 4.98 Å². The summed E-state index contributed by atoms with van der Waals surface area (Å²) < 4.78 is 1.67. The van der Waals surface area contributed by atoms with E-state index in [9.17, 15) is 4.79 Å². The highest BCUT2D eigenvalue weighted by atomic mass is 35.5. The van der Waals surface area contributed by atoms with Gasteiger partial charge in [0.05, 0.1) is 21.3 Å². The van der Waals surface area contributed by atoms with Gasteiger partial charge in [0, 0.05) is 10.8 Å². The van der Waals surface area contributed by atoms with Gasteiger partial charge in [-0.3, -0.25) is 9.20 Å². The molecule has 0 atom stereocenters. The van der Waals surface area contributed by atoms with Crippen LogP contribution in [0.1, 0.15) is 5.56 Å². The van der Waals surface area contributed by atoms with Gasteiger partial charge in [0.2, 0.25) is 0 Å². The fourth-order valence-electron chi connectivity index (χ4n) is 3.46. The third kappa shape index (κ3) is 2.14. The number of benzene rings is 3. The second-order valence-electron chi connectivity index (χ2n) is 6.20. The summed E-state index contributed by atoms with van der Waals surface area (Å²) in [6.07, 6.45) is 2.00. The van der Waals surface area contributed by atoms with Gasteiger partial charge in [-0.1, -0.05) is 66.2 Å². The SMILES string of the molecule is O=c1c2ccccc2nc2c3c(Cl)cccc3/c(=C\c3ccccc3)n12. The average Bonchev–Trinajstić information content (AvgIpc) is 2.98. The molecule has 2 heterocycles. The van der Waals surface area contributed by atoms with Crippen molar-refractivity contribution in [3.05, 3.63) is 99.1 Å².